The van der Waals surface area contributed by atoms with E-state index >= 15 is 0 Å². The molecule has 0 aliphatic heterocycles. The Kier molecular flexibility index (Phi) is 5.43. The van der Waals surface area contributed by atoms with Crippen LogP contribution in [0.1, 0.15) is 11.1 Å². The molecule has 2 heterocycles. The molecule has 11 heteroatoms. The van der Waals surface area contributed by atoms with Gasteiger partial charge in [0.1, 0.15) is 23.0 Å². The largest absolute Gasteiger partial charge is 0.368 e. The third-order valence-electron chi connectivity index (χ3n) is 4.62. The zero-order valence-electron chi connectivity index (χ0n) is 16.6. The number of aryl methyl sites for hydroxylation is 1. The molecule has 0 unspecified atom stereocenters. The Morgan fingerprint density at radius 2 is 1.72 bits per heavy atom. The highest BCUT2D eigenvalue weighted by Gasteiger charge is 2.19. The molecule has 0 amide bonds. The molecule has 0 spiro atoms. The van der Waals surface area contributed by atoms with E-state index in [4.69, 9.17) is 5.73 Å². The average Bonchev–Trinajstić information content (AvgIpc) is 2.72. The van der Waals surface area contributed by atoms with Gasteiger partial charge in [0, 0.05) is 11.6 Å². The van der Waals surface area contributed by atoms with E-state index in [2.05, 4.69) is 15.0 Å². The highest BCUT2D eigenvalue weighted by molar-refractivity contribution is 7.91. The standard InChI is InChI=1S/C21H16F3N5O2S/c1-11-6-17(27-19-9-26-21(25)28-20(11)19)14-7-16(24)18(8-15(14)23)29-32(30,31)10-12-2-4-13(22)5-3-12/h2-9,29H,10H2,1H3,(H2,25,26,28). The van der Waals surface area contributed by atoms with Gasteiger partial charge in [-0.15, -0.1) is 0 Å². The molecule has 164 valence electrons. The molecular weight excluding hydrogens is 443 g/mol. The Bertz CT molecular complexity index is 1440. The van der Waals surface area contributed by atoms with Crippen LogP contribution >= 0.6 is 0 Å². The van der Waals surface area contributed by atoms with Gasteiger partial charge in [-0.05, 0) is 42.3 Å². The van der Waals surface area contributed by atoms with E-state index in [9.17, 15) is 21.6 Å². The smallest absolute Gasteiger partial charge is 0.237 e. The van der Waals surface area contributed by atoms with Crippen LogP contribution in [0, 0.1) is 24.4 Å². The third kappa shape index (κ3) is 4.47. The summed E-state index contributed by atoms with van der Waals surface area (Å²) in [5.41, 5.74) is 6.73. The van der Waals surface area contributed by atoms with E-state index < -0.39 is 38.9 Å². The van der Waals surface area contributed by atoms with E-state index in [1.54, 1.807) is 6.92 Å². The average molecular weight is 459 g/mol. The number of nitrogens with two attached hydrogens (primary N) is 1. The second-order valence-corrected chi connectivity index (χ2v) is 8.81. The Morgan fingerprint density at radius 3 is 2.44 bits per heavy atom. The number of pyridine rings is 1. The summed E-state index contributed by atoms with van der Waals surface area (Å²) in [6.45, 7) is 1.71. The topological polar surface area (TPSA) is 111 Å². The van der Waals surface area contributed by atoms with Crippen LogP contribution in [-0.4, -0.2) is 23.4 Å². The van der Waals surface area contributed by atoms with Crippen molar-refractivity contribution in [1.82, 2.24) is 15.0 Å². The van der Waals surface area contributed by atoms with E-state index in [0.29, 0.717) is 16.6 Å². The Balaban J connectivity index is 1.66. The SMILES string of the molecule is Cc1cc(-c2cc(F)c(NS(=O)(=O)Cc3ccc(F)cc3)cc2F)nc2cnc(N)nc12. The molecule has 4 aromatic rings. The van der Waals surface area contributed by atoms with Gasteiger partial charge >= 0.3 is 0 Å². The summed E-state index contributed by atoms with van der Waals surface area (Å²) in [6.07, 6.45) is 1.38. The van der Waals surface area contributed by atoms with Crippen LogP contribution in [0.2, 0.25) is 0 Å². The molecular formula is C21H16F3N5O2S. The molecule has 0 aliphatic carbocycles. The van der Waals surface area contributed by atoms with Crippen molar-refractivity contribution in [2.45, 2.75) is 12.7 Å². The summed E-state index contributed by atoms with van der Waals surface area (Å²) in [5, 5.41) is 0. The van der Waals surface area contributed by atoms with Crippen molar-refractivity contribution in [3.63, 3.8) is 0 Å². The van der Waals surface area contributed by atoms with Gasteiger partial charge in [0.25, 0.3) is 0 Å². The molecule has 0 bridgehead atoms. The van der Waals surface area contributed by atoms with Gasteiger partial charge in [0.2, 0.25) is 16.0 Å². The van der Waals surface area contributed by atoms with Gasteiger partial charge in [0.15, 0.2) is 0 Å². The van der Waals surface area contributed by atoms with Gasteiger partial charge in [-0.1, -0.05) is 12.1 Å². The minimum Gasteiger partial charge on any atom is -0.368 e. The van der Waals surface area contributed by atoms with Gasteiger partial charge < -0.3 is 5.73 Å². The van der Waals surface area contributed by atoms with Crippen LogP contribution in [0.3, 0.4) is 0 Å². The zero-order chi connectivity index (χ0) is 23.0. The first-order valence-corrected chi connectivity index (χ1v) is 10.9. The summed E-state index contributed by atoms with van der Waals surface area (Å²) in [4.78, 5) is 12.2. The van der Waals surface area contributed by atoms with Gasteiger partial charge in [-0.3, -0.25) is 4.72 Å². The quantitative estimate of drug-likeness (QED) is 0.468. The molecule has 3 N–H and O–H groups in total. The number of anilines is 2. The van der Waals surface area contributed by atoms with Crippen LogP contribution in [0.5, 0.6) is 0 Å². The number of benzene rings is 2. The molecule has 0 fully saturated rings. The first-order chi connectivity index (χ1) is 15.1. The Hall–Kier alpha value is -3.73. The fraction of sp³-hybridized carbons (Fsp3) is 0.0952. The number of fused-ring (bicyclic) bond motifs is 1. The summed E-state index contributed by atoms with van der Waals surface area (Å²) in [6, 6.07) is 7.92. The maximum Gasteiger partial charge on any atom is 0.237 e. The number of hydrogen-bond donors (Lipinski definition) is 2. The summed E-state index contributed by atoms with van der Waals surface area (Å²) in [7, 11) is -4.08. The van der Waals surface area contributed by atoms with Crippen molar-refractivity contribution in [2.75, 3.05) is 10.5 Å². The fourth-order valence-electron chi connectivity index (χ4n) is 3.16. The second-order valence-electron chi connectivity index (χ2n) is 7.09. The molecule has 2 aromatic heterocycles. The van der Waals surface area contributed by atoms with Gasteiger partial charge in [-0.2, -0.15) is 0 Å². The molecule has 0 saturated heterocycles. The minimum absolute atomic E-state index is 0.0599. The second kappa shape index (κ2) is 8.08. The summed E-state index contributed by atoms with van der Waals surface area (Å²) in [5.74, 6) is -2.87. The highest BCUT2D eigenvalue weighted by Crippen LogP contribution is 2.30. The number of nitrogens with zero attached hydrogens (tertiary/aromatic N) is 3. The molecule has 0 aliphatic rings. The predicted octanol–water partition coefficient (Wildman–Crippen LogP) is 3.94. The molecule has 2 aromatic carbocycles. The number of sulfonamides is 1. The number of nitrogen functional groups attached to an aromatic ring is 1. The Labute approximate surface area is 181 Å². The van der Waals surface area contributed by atoms with Crippen molar-refractivity contribution in [2.24, 2.45) is 0 Å². The number of hydrogen-bond acceptors (Lipinski definition) is 6. The first kappa shape index (κ1) is 21.5. The maximum atomic E-state index is 14.8. The van der Waals surface area contributed by atoms with Crippen LogP contribution in [0.15, 0.2) is 48.7 Å². The van der Waals surface area contributed by atoms with E-state index in [1.807, 2.05) is 4.72 Å². The minimum atomic E-state index is -4.08. The molecule has 7 nitrogen and oxygen atoms in total. The van der Waals surface area contributed by atoms with Crippen LogP contribution < -0.4 is 10.5 Å². The Morgan fingerprint density at radius 1 is 1.00 bits per heavy atom. The first-order valence-electron chi connectivity index (χ1n) is 9.25. The summed E-state index contributed by atoms with van der Waals surface area (Å²) < 4.78 is 69.3. The number of halogens is 3. The van der Waals surface area contributed by atoms with Crippen molar-refractivity contribution in [3.8, 4) is 11.3 Å². The lowest BCUT2D eigenvalue weighted by molar-refractivity contribution is 0.594. The predicted molar refractivity (Wildman–Crippen MR) is 114 cm³/mol. The highest BCUT2D eigenvalue weighted by atomic mass is 32.2. The van der Waals surface area contributed by atoms with Crippen molar-refractivity contribution in [1.29, 1.82) is 0 Å². The lowest BCUT2D eigenvalue weighted by atomic mass is 10.1. The number of nitrogens with one attached hydrogen (secondary N) is 1. The molecule has 0 atom stereocenters. The van der Waals surface area contributed by atoms with Crippen LogP contribution in [0.4, 0.5) is 24.8 Å². The molecule has 0 radical (unpaired) electrons. The number of rotatable bonds is 5. The molecule has 0 saturated carbocycles. The zero-order valence-corrected chi connectivity index (χ0v) is 17.4. The van der Waals surface area contributed by atoms with Crippen LogP contribution in [-0.2, 0) is 15.8 Å². The monoisotopic (exact) mass is 459 g/mol. The normalized spacial score (nSPS) is 11.6. The fourth-order valence-corrected chi connectivity index (χ4v) is 4.35. The lowest BCUT2D eigenvalue weighted by Crippen LogP contribution is -2.16. The van der Waals surface area contributed by atoms with E-state index in [0.717, 1.165) is 24.3 Å². The van der Waals surface area contributed by atoms with Gasteiger partial charge in [0.05, 0.1) is 28.8 Å². The van der Waals surface area contributed by atoms with Crippen molar-refractivity contribution >= 4 is 32.7 Å². The lowest BCUT2D eigenvalue weighted by Gasteiger charge is -2.12. The van der Waals surface area contributed by atoms with Crippen molar-refractivity contribution < 1.29 is 21.6 Å². The maximum absolute atomic E-state index is 14.8. The molecule has 32 heavy (non-hydrogen) atoms. The van der Waals surface area contributed by atoms with Crippen molar-refractivity contribution in [3.05, 3.63) is 77.2 Å². The summed E-state index contributed by atoms with van der Waals surface area (Å²) >= 11 is 0. The van der Waals surface area contributed by atoms with Gasteiger partial charge in [-0.25, -0.2) is 36.5 Å². The molecule has 4 rings (SSSR count). The number of aromatic nitrogens is 3. The van der Waals surface area contributed by atoms with E-state index in [-0.39, 0.29) is 22.8 Å². The van der Waals surface area contributed by atoms with E-state index in [1.165, 1.54) is 24.4 Å². The third-order valence-corrected chi connectivity index (χ3v) is 5.87. The van der Waals surface area contributed by atoms with Crippen LogP contribution in [0.25, 0.3) is 22.3 Å².